The van der Waals surface area contributed by atoms with E-state index >= 15 is 0 Å². The smallest absolute Gasteiger partial charge is 0.416 e. The van der Waals surface area contributed by atoms with Gasteiger partial charge in [-0.05, 0) is 72.4 Å². The van der Waals surface area contributed by atoms with Crippen molar-refractivity contribution in [1.29, 1.82) is 0 Å². The fourth-order valence-corrected chi connectivity index (χ4v) is 5.29. The summed E-state index contributed by atoms with van der Waals surface area (Å²) in [4.78, 5) is 20.9. The highest BCUT2D eigenvalue weighted by Crippen LogP contribution is 2.41. The van der Waals surface area contributed by atoms with Crippen LogP contribution in [0, 0.1) is 0 Å². The van der Waals surface area contributed by atoms with Crippen LogP contribution in [0.25, 0.3) is 0 Å². The maximum absolute atomic E-state index is 13.4. The first-order chi connectivity index (χ1) is 17.8. The monoisotopic (exact) mass is 609 g/mol. The average Bonchev–Trinajstić information content (AvgIpc) is 3.13. The topological polar surface area (TPSA) is 54.9 Å². The van der Waals surface area contributed by atoms with Crippen LogP contribution in [0.3, 0.4) is 0 Å². The van der Waals surface area contributed by atoms with Gasteiger partial charge in [0.25, 0.3) is 0 Å². The molecule has 2 aliphatic rings. The molecule has 208 valence electrons. The first-order valence-electron chi connectivity index (χ1n) is 12.0. The third-order valence-corrected chi connectivity index (χ3v) is 7.26. The number of benzene rings is 1. The van der Waals surface area contributed by atoms with Crippen molar-refractivity contribution < 1.29 is 40.6 Å². The first-order valence-corrected chi connectivity index (χ1v) is 12.8. The number of carbonyl (C=O) groups is 1. The molecule has 6 nitrogen and oxygen atoms in total. The van der Waals surface area contributed by atoms with Gasteiger partial charge in [0, 0.05) is 42.0 Å². The summed E-state index contributed by atoms with van der Waals surface area (Å²) in [6.07, 6.45) is -8.95. The Hall–Kier alpha value is -2.54. The molecule has 4 rings (SSSR count). The van der Waals surface area contributed by atoms with E-state index in [-0.39, 0.29) is 24.2 Å². The molecule has 0 aliphatic carbocycles. The van der Waals surface area contributed by atoms with E-state index in [1.54, 1.807) is 12.3 Å². The minimum absolute atomic E-state index is 0.00306. The summed E-state index contributed by atoms with van der Waals surface area (Å²) < 4.78 is 91.8. The number of rotatable bonds is 6. The van der Waals surface area contributed by atoms with E-state index in [1.807, 2.05) is 6.92 Å². The van der Waals surface area contributed by atoms with Crippen molar-refractivity contribution in [3.63, 3.8) is 0 Å². The fourth-order valence-electron chi connectivity index (χ4n) is 4.91. The summed E-state index contributed by atoms with van der Waals surface area (Å²) in [7, 11) is 0. The number of ether oxygens (including phenoxy) is 2. The van der Waals surface area contributed by atoms with Gasteiger partial charge in [0.15, 0.2) is 0 Å². The number of amides is 1. The number of cyclic esters (lactones) is 1. The molecule has 1 aromatic heterocycles. The number of pyridine rings is 1. The average molecular weight is 610 g/mol. The Kier molecular flexibility index (Phi) is 8.17. The highest BCUT2D eigenvalue weighted by atomic mass is 79.9. The predicted molar refractivity (Wildman–Crippen MR) is 129 cm³/mol. The number of hydrogen-bond donors (Lipinski definition) is 0. The zero-order valence-corrected chi connectivity index (χ0v) is 22.2. The van der Waals surface area contributed by atoms with Gasteiger partial charge in [-0.15, -0.1) is 0 Å². The molecule has 0 N–H and O–H groups in total. The molecule has 2 unspecified atom stereocenters. The van der Waals surface area contributed by atoms with Gasteiger partial charge in [-0.2, -0.15) is 26.3 Å². The number of anilines is 1. The quantitative estimate of drug-likeness (QED) is 0.331. The predicted octanol–water partition coefficient (Wildman–Crippen LogP) is 6.97. The van der Waals surface area contributed by atoms with Crippen LogP contribution in [-0.2, 0) is 28.4 Å². The van der Waals surface area contributed by atoms with Crippen LogP contribution in [0.1, 0.15) is 55.0 Å². The van der Waals surface area contributed by atoms with Crippen LogP contribution in [0.2, 0.25) is 0 Å². The molecule has 2 saturated heterocycles. The van der Waals surface area contributed by atoms with Crippen LogP contribution in [-0.4, -0.2) is 47.8 Å². The van der Waals surface area contributed by atoms with Gasteiger partial charge in [0.2, 0.25) is 0 Å². The summed E-state index contributed by atoms with van der Waals surface area (Å²) in [6.45, 7) is 5.38. The second-order valence-electron chi connectivity index (χ2n) is 9.28. The molecule has 2 aromatic rings. The van der Waals surface area contributed by atoms with Gasteiger partial charge < -0.3 is 14.4 Å². The molecule has 2 atom stereocenters. The molecule has 3 heterocycles. The number of alkyl halides is 6. The van der Waals surface area contributed by atoms with Crippen molar-refractivity contribution >= 4 is 27.8 Å². The van der Waals surface area contributed by atoms with Crippen molar-refractivity contribution in [2.75, 3.05) is 24.7 Å². The van der Waals surface area contributed by atoms with Crippen LogP contribution in [0.5, 0.6) is 0 Å². The molecule has 1 aromatic carbocycles. The Bertz CT molecular complexity index is 1140. The first kappa shape index (κ1) is 28.5. The Morgan fingerprint density at radius 2 is 1.66 bits per heavy atom. The third kappa shape index (κ3) is 6.03. The Labute approximate surface area is 224 Å². The minimum atomic E-state index is -5.01. The standard InChI is InChI=1S/C25H26BrF6N3O3/c1-3-34(20-4-6-37-7-5-20)22-16(10-19(26)12-33-22)13-35-14(2)21(38-23(35)36)15-8-17(24(27,28)29)11-18(9-15)25(30,31)32/h8-12,14,20-21H,3-7,13H2,1-2H3. The Morgan fingerprint density at radius 3 is 2.21 bits per heavy atom. The van der Waals surface area contributed by atoms with E-state index in [0.29, 0.717) is 47.7 Å². The molecular formula is C25H26BrF6N3O3. The third-order valence-electron chi connectivity index (χ3n) is 6.83. The van der Waals surface area contributed by atoms with Crippen LogP contribution >= 0.6 is 15.9 Å². The highest BCUT2D eigenvalue weighted by molar-refractivity contribution is 9.10. The number of hydrogen-bond acceptors (Lipinski definition) is 5. The maximum Gasteiger partial charge on any atom is 0.416 e. The molecule has 0 saturated carbocycles. The highest BCUT2D eigenvalue weighted by Gasteiger charge is 2.43. The van der Waals surface area contributed by atoms with E-state index in [2.05, 4.69) is 25.8 Å². The van der Waals surface area contributed by atoms with Gasteiger partial charge in [0.05, 0.1) is 23.7 Å². The molecule has 2 fully saturated rings. The van der Waals surface area contributed by atoms with Gasteiger partial charge >= 0.3 is 18.4 Å². The van der Waals surface area contributed by atoms with E-state index in [4.69, 9.17) is 9.47 Å². The SMILES string of the molecule is CCN(c1ncc(Br)cc1CN1C(=O)OC(c2cc(C(F)(F)F)cc(C(F)(F)F)c2)C1C)C1CCOCC1. The summed E-state index contributed by atoms with van der Waals surface area (Å²) >= 11 is 3.40. The molecule has 0 radical (unpaired) electrons. The van der Waals surface area contributed by atoms with Crippen LogP contribution in [0.15, 0.2) is 34.9 Å². The van der Waals surface area contributed by atoms with E-state index < -0.39 is 41.7 Å². The molecule has 13 heteroatoms. The van der Waals surface area contributed by atoms with E-state index in [0.717, 1.165) is 12.8 Å². The van der Waals surface area contributed by atoms with Gasteiger partial charge in [-0.25, -0.2) is 9.78 Å². The Balaban J connectivity index is 1.65. The van der Waals surface area contributed by atoms with Crippen LogP contribution < -0.4 is 4.90 Å². The lowest BCUT2D eigenvalue weighted by Gasteiger charge is -2.36. The fraction of sp³-hybridized carbons (Fsp3) is 0.520. The van der Waals surface area contributed by atoms with Crippen LogP contribution in [0.4, 0.5) is 37.0 Å². The summed E-state index contributed by atoms with van der Waals surface area (Å²) in [5, 5.41) is 0. The normalized spacial score (nSPS) is 21.1. The summed E-state index contributed by atoms with van der Waals surface area (Å²) in [5.74, 6) is 0.643. The van der Waals surface area contributed by atoms with E-state index in [1.165, 1.54) is 11.8 Å². The number of halogens is 7. The Morgan fingerprint density at radius 1 is 1.05 bits per heavy atom. The molecule has 2 aliphatic heterocycles. The molecule has 0 bridgehead atoms. The van der Waals surface area contributed by atoms with Crippen molar-refractivity contribution in [3.8, 4) is 0 Å². The molecule has 0 spiro atoms. The second-order valence-corrected chi connectivity index (χ2v) is 10.2. The van der Waals surface area contributed by atoms with Crippen molar-refractivity contribution in [2.45, 2.75) is 63.8 Å². The molecular weight excluding hydrogens is 584 g/mol. The lowest BCUT2D eigenvalue weighted by molar-refractivity contribution is -0.143. The zero-order chi connectivity index (χ0) is 27.8. The lowest BCUT2D eigenvalue weighted by atomic mass is 9.97. The van der Waals surface area contributed by atoms with Gasteiger partial charge in [-0.3, -0.25) is 4.90 Å². The minimum Gasteiger partial charge on any atom is -0.439 e. The van der Waals surface area contributed by atoms with Crippen molar-refractivity contribution in [1.82, 2.24) is 9.88 Å². The number of aromatic nitrogens is 1. The number of carbonyl (C=O) groups excluding carboxylic acids is 1. The van der Waals surface area contributed by atoms with E-state index in [9.17, 15) is 31.1 Å². The summed E-state index contributed by atoms with van der Waals surface area (Å²) in [6, 6.07) is 2.37. The second kappa shape index (κ2) is 10.9. The number of nitrogens with zero attached hydrogens (tertiary/aromatic N) is 3. The molecule has 1 amide bonds. The van der Waals surface area contributed by atoms with Crippen molar-refractivity contribution in [2.24, 2.45) is 0 Å². The summed E-state index contributed by atoms with van der Waals surface area (Å²) in [5.41, 5.74) is -2.63. The molecule has 38 heavy (non-hydrogen) atoms. The van der Waals surface area contributed by atoms with Crippen molar-refractivity contribution in [3.05, 3.63) is 57.2 Å². The van der Waals surface area contributed by atoms with Gasteiger partial charge in [-0.1, -0.05) is 0 Å². The largest absolute Gasteiger partial charge is 0.439 e. The maximum atomic E-state index is 13.4. The lowest BCUT2D eigenvalue weighted by Crippen LogP contribution is -2.41. The zero-order valence-electron chi connectivity index (χ0n) is 20.6. The van der Waals surface area contributed by atoms with Gasteiger partial charge in [0.1, 0.15) is 11.9 Å².